The van der Waals surface area contributed by atoms with Crippen molar-refractivity contribution < 1.29 is 14.3 Å². The highest BCUT2D eigenvalue weighted by Crippen LogP contribution is 2.32. The Kier molecular flexibility index (Phi) is 9.30. The third-order valence-electron chi connectivity index (χ3n) is 7.53. The molecule has 4 heteroatoms. The summed E-state index contributed by atoms with van der Waals surface area (Å²) in [6.07, 6.45) is 3.47. The third kappa shape index (κ3) is 6.68. The van der Waals surface area contributed by atoms with Crippen LogP contribution in [0.1, 0.15) is 73.5 Å². The van der Waals surface area contributed by atoms with Gasteiger partial charge in [0.1, 0.15) is 0 Å². The molecule has 0 unspecified atom stereocenters. The van der Waals surface area contributed by atoms with Crippen molar-refractivity contribution in [3.63, 3.8) is 0 Å². The predicted molar refractivity (Wildman–Crippen MR) is 154 cm³/mol. The van der Waals surface area contributed by atoms with E-state index in [9.17, 15) is 9.59 Å². The number of rotatable bonds is 10. The van der Waals surface area contributed by atoms with Gasteiger partial charge in [-0.2, -0.15) is 0 Å². The summed E-state index contributed by atoms with van der Waals surface area (Å²) < 4.78 is 5.20. The molecule has 0 amide bonds. The highest BCUT2D eigenvalue weighted by atomic mass is 16.5. The average molecular weight is 510 g/mol. The zero-order chi connectivity index (χ0) is 27.0. The van der Waals surface area contributed by atoms with E-state index in [2.05, 4.69) is 65.6 Å². The van der Waals surface area contributed by atoms with Crippen LogP contribution >= 0.6 is 0 Å². The lowest BCUT2D eigenvalue weighted by molar-refractivity contribution is -0.148. The largest absolute Gasteiger partial charge is 0.465 e. The lowest BCUT2D eigenvalue weighted by Crippen LogP contribution is -2.32. The standard InChI is InChI=1S/C34H39NO3/c1-4-38-33(37)34(2,3)30-19-17-26(18-20-30)31(36)16-11-23-35-24-21-29(22-25-35)32(27-12-7-5-8-13-27)28-14-9-6-10-15-28/h5-10,12-15,17-20H,4,11,16,21-25H2,1-3H3. The minimum absolute atomic E-state index is 0.151. The van der Waals surface area contributed by atoms with Crippen molar-refractivity contribution in [2.45, 2.75) is 51.9 Å². The second-order valence-corrected chi connectivity index (χ2v) is 10.5. The first-order valence-electron chi connectivity index (χ1n) is 13.8. The van der Waals surface area contributed by atoms with Crippen molar-refractivity contribution in [1.29, 1.82) is 0 Å². The van der Waals surface area contributed by atoms with Gasteiger partial charge in [-0.15, -0.1) is 0 Å². The van der Waals surface area contributed by atoms with Crippen LogP contribution < -0.4 is 0 Å². The molecule has 4 nitrogen and oxygen atoms in total. The van der Waals surface area contributed by atoms with Gasteiger partial charge in [0, 0.05) is 25.1 Å². The number of likely N-dealkylation sites (tertiary alicyclic amines) is 1. The number of ketones is 1. The van der Waals surface area contributed by atoms with Gasteiger partial charge in [-0.1, -0.05) is 90.5 Å². The monoisotopic (exact) mass is 509 g/mol. The lowest BCUT2D eigenvalue weighted by atomic mass is 9.84. The van der Waals surface area contributed by atoms with Crippen LogP contribution in [0.3, 0.4) is 0 Å². The SMILES string of the molecule is CCOC(=O)C(C)(C)c1ccc(C(=O)CCCN2CCC(=C(c3ccccc3)c3ccccc3)CC2)cc1. The summed E-state index contributed by atoms with van der Waals surface area (Å²) in [6, 6.07) is 28.8. The number of carbonyl (C=O) groups excluding carboxylic acids is 2. The fourth-order valence-electron chi connectivity index (χ4n) is 5.19. The number of hydrogen-bond acceptors (Lipinski definition) is 4. The van der Waals surface area contributed by atoms with E-state index >= 15 is 0 Å². The van der Waals surface area contributed by atoms with Gasteiger partial charge in [0.15, 0.2) is 5.78 Å². The van der Waals surface area contributed by atoms with E-state index in [-0.39, 0.29) is 11.8 Å². The molecule has 0 radical (unpaired) electrons. The molecule has 0 atom stereocenters. The molecule has 0 spiro atoms. The average Bonchev–Trinajstić information content (AvgIpc) is 2.95. The van der Waals surface area contributed by atoms with Crippen molar-refractivity contribution >= 4 is 17.3 Å². The molecule has 38 heavy (non-hydrogen) atoms. The summed E-state index contributed by atoms with van der Waals surface area (Å²) >= 11 is 0. The normalized spacial score (nSPS) is 14.2. The Morgan fingerprint density at radius 3 is 1.87 bits per heavy atom. The first-order valence-corrected chi connectivity index (χ1v) is 13.8. The quantitative estimate of drug-likeness (QED) is 0.216. The van der Waals surface area contributed by atoms with Crippen molar-refractivity contribution in [2.24, 2.45) is 0 Å². The van der Waals surface area contributed by atoms with Gasteiger partial charge >= 0.3 is 5.97 Å². The first-order chi connectivity index (χ1) is 18.4. The van der Waals surface area contributed by atoms with Crippen LogP contribution in [0, 0.1) is 0 Å². The van der Waals surface area contributed by atoms with E-state index in [1.165, 1.54) is 22.3 Å². The van der Waals surface area contributed by atoms with Gasteiger partial charge in [-0.3, -0.25) is 9.59 Å². The molecule has 0 aliphatic carbocycles. The van der Waals surface area contributed by atoms with E-state index in [1.54, 1.807) is 0 Å². The summed E-state index contributed by atoms with van der Waals surface area (Å²) in [4.78, 5) is 27.6. The molecular formula is C34H39NO3. The fourth-order valence-corrected chi connectivity index (χ4v) is 5.19. The molecule has 0 saturated carbocycles. The van der Waals surface area contributed by atoms with Crippen molar-refractivity contribution in [3.05, 3.63) is 113 Å². The van der Waals surface area contributed by atoms with Gasteiger partial charge in [-0.05, 0) is 68.8 Å². The molecule has 3 aromatic rings. The third-order valence-corrected chi connectivity index (χ3v) is 7.53. The lowest BCUT2D eigenvalue weighted by Gasteiger charge is -2.30. The van der Waals surface area contributed by atoms with Gasteiger partial charge < -0.3 is 9.64 Å². The molecule has 4 rings (SSSR count). The number of esters is 1. The Balaban J connectivity index is 1.31. The fraction of sp³-hybridized carbons (Fsp3) is 0.353. The summed E-state index contributed by atoms with van der Waals surface area (Å²) in [5.41, 5.74) is 6.27. The van der Waals surface area contributed by atoms with E-state index in [4.69, 9.17) is 4.74 Å². The second-order valence-electron chi connectivity index (χ2n) is 10.5. The zero-order valence-electron chi connectivity index (χ0n) is 22.9. The number of ether oxygens (including phenoxy) is 1. The van der Waals surface area contributed by atoms with Crippen LogP contribution in [0.4, 0.5) is 0 Å². The highest BCUT2D eigenvalue weighted by molar-refractivity contribution is 5.96. The Bertz CT molecular complexity index is 1190. The van der Waals surface area contributed by atoms with Crippen molar-refractivity contribution in [1.82, 2.24) is 4.90 Å². The molecule has 1 aliphatic rings. The number of Topliss-reactive ketones (excluding diaryl/α,β-unsaturated/α-hetero) is 1. The van der Waals surface area contributed by atoms with E-state index in [0.29, 0.717) is 18.6 Å². The van der Waals surface area contributed by atoms with Gasteiger partial charge in [-0.25, -0.2) is 0 Å². The smallest absolute Gasteiger partial charge is 0.315 e. The molecule has 0 bridgehead atoms. The molecule has 0 aromatic heterocycles. The molecule has 3 aromatic carbocycles. The summed E-state index contributed by atoms with van der Waals surface area (Å²) in [7, 11) is 0. The van der Waals surface area contributed by atoms with Crippen molar-refractivity contribution in [2.75, 3.05) is 26.2 Å². The van der Waals surface area contributed by atoms with Crippen LogP contribution in [0.15, 0.2) is 90.5 Å². The minimum atomic E-state index is -0.736. The van der Waals surface area contributed by atoms with E-state index < -0.39 is 5.41 Å². The van der Waals surface area contributed by atoms with Crippen LogP contribution in [0.25, 0.3) is 5.57 Å². The number of nitrogens with zero attached hydrogens (tertiary/aromatic N) is 1. The maximum absolute atomic E-state index is 12.8. The second kappa shape index (κ2) is 12.8. The predicted octanol–water partition coefficient (Wildman–Crippen LogP) is 7.09. The first kappa shape index (κ1) is 27.5. The zero-order valence-corrected chi connectivity index (χ0v) is 22.9. The molecule has 0 N–H and O–H groups in total. The molecule has 1 saturated heterocycles. The number of piperidine rings is 1. The van der Waals surface area contributed by atoms with Gasteiger partial charge in [0.25, 0.3) is 0 Å². The van der Waals surface area contributed by atoms with Crippen LogP contribution in [-0.2, 0) is 14.9 Å². The van der Waals surface area contributed by atoms with Gasteiger partial charge in [0.2, 0.25) is 0 Å². The Morgan fingerprint density at radius 1 is 0.789 bits per heavy atom. The van der Waals surface area contributed by atoms with Crippen LogP contribution in [0.5, 0.6) is 0 Å². The molecule has 1 heterocycles. The molecule has 1 aliphatic heterocycles. The molecule has 1 fully saturated rings. The van der Waals surface area contributed by atoms with E-state index in [0.717, 1.165) is 44.5 Å². The topological polar surface area (TPSA) is 46.6 Å². The number of benzene rings is 3. The Morgan fingerprint density at radius 2 is 1.34 bits per heavy atom. The molecular weight excluding hydrogens is 470 g/mol. The summed E-state index contributed by atoms with van der Waals surface area (Å²) in [5.74, 6) is -0.100. The summed E-state index contributed by atoms with van der Waals surface area (Å²) in [6.45, 7) is 8.83. The Labute approximate surface area is 227 Å². The van der Waals surface area contributed by atoms with E-state index in [1.807, 2.05) is 45.0 Å². The Hall–Kier alpha value is -3.50. The van der Waals surface area contributed by atoms with Crippen LogP contribution in [0.2, 0.25) is 0 Å². The highest BCUT2D eigenvalue weighted by Gasteiger charge is 2.31. The minimum Gasteiger partial charge on any atom is -0.465 e. The number of hydrogen-bond donors (Lipinski definition) is 0. The maximum Gasteiger partial charge on any atom is 0.315 e. The maximum atomic E-state index is 12.8. The molecule has 198 valence electrons. The number of carbonyl (C=O) groups is 2. The summed E-state index contributed by atoms with van der Waals surface area (Å²) in [5, 5.41) is 0. The van der Waals surface area contributed by atoms with Gasteiger partial charge in [0.05, 0.1) is 12.0 Å². The van der Waals surface area contributed by atoms with Crippen molar-refractivity contribution in [3.8, 4) is 0 Å². The van der Waals surface area contributed by atoms with Crippen LogP contribution in [-0.4, -0.2) is 42.9 Å².